The Morgan fingerprint density at radius 3 is 2.89 bits per heavy atom. The fourth-order valence-corrected chi connectivity index (χ4v) is 1.50. The Labute approximate surface area is 105 Å². The summed E-state index contributed by atoms with van der Waals surface area (Å²) in [4.78, 5) is 21.7. The van der Waals surface area contributed by atoms with E-state index in [1.807, 2.05) is 13.0 Å². The largest absolute Gasteiger partial charge is 0.481 e. The SMILES string of the molecule is CC(Cc1ccco1)NC(=O)NCCCC(=O)O. The molecule has 0 bridgehead atoms. The second kappa shape index (κ2) is 7.37. The molecule has 0 saturated carbocycles. The molecule has 2 amide bonds. The van der Waals surface area contributed by atoms with Crippen molar-refractivity contribution in [3.8, 4) is 0 Å². The third-order valence-electron chi connectivity index (χ3n) is 2.32. The molecule has 0 fully saturated rings. The number of urea groups is 1. The van der Waals surface area contributed by atoms with Gasteiger partial charge in [0.25, 0.3) is 0 Å². The lowest BCUT2D eigenvalue weighted by Gasteiger charge is -2.13. The van der Waals surface area contributed by atoms with Crippen LogP contribution in [0.3, 0.4) is 0 Å². The van der Waals surface area contributed by atoms with Gasteiger partial charge < -0.3 is 20.2 Å². The molecule has 1 aromatic rings. The van der Waals surface area contributed by atoms with Gasteiger partial charge in [-0.1, -0.05) is 0 Å². The van der Waals surface area contributed by atoms with Gasteiger partial charge in [0.1, 0.15) is 5.76 Å². The number of rotatable bonds is 7. The number of hydrogen-bond acceptors (Lipinski definition) is 3. The standard InChI is InChI=1S/C12H18N2O4/c1-9(8-10-4-3-7-18-10)14-12(17)13-6-2-5-11(15)16/h3-4,7,9H,2,5-6,8H2,1H3,(H,15,16)(H2,13,14,17). The molecule has 0 aliphatic rings. The number of nitrogens with one attached hydrogen (secondary N) is 2. The molecular weight excluding hydrogens is 236 g/mol. The zero-order chi connectivity index (χ0) is 13.4. The number of furan rings is 1. The molecule has 1 unspecified atom stereocenters. The van der Waals surface area contributed by atoms with Crippen LogP contribution in [0.2, 0.25) is 0 Å². The van der Waals surface area contributed by atoms with Crippen LogP contribution in [0.4, 0.5) is 4.79 Å². The summed E-state index contributed by atoms with van der Waals surface area (Å²) in [6.45, 7) is 2.23. The monoisotopic (exact) mass is 254 g/mol. The molecule has 18 heavy (non-hydrogen) atoms. The third-order valence-corrected chi connectivity index (χ3v) is 2.32. The van der Waals surface area contributed by atoms with Gasteiger partial charge in [-0.3, -0.25) is 4.79 Å². The number of carbonyl (C=O) groups excluding carboxylic acids is 1. The number of hydrogen-bond donors (Lipinski definition) is 3. The molecule has 1 rings (SSSR count). The summed E-state index contributed by atoms with van der Waals surface area (Å²) in [5, 5.41) is 13.8. The average molecular weight is 254 g/mol. The van der Waals surface area contributed by atoms with Gasteiger partial charge in [-0.2, -0.15) is 0 Å². The normalized spacial score (nSPS) is 11.8. The summed E-state index contributed by atoms with van der Waals surface area (Å²) in [5.74, 6) is -0.0444. The minimum Gasteiger partial charge on any atom is -0.481 e. The van der Waals surface area contributed by atoms with Gasteiger partial charge in [-0.05, 0) is 25.5 Å². The Bertz CT molecular complexity index is 375. The number of amides is 2. The number of carbonyl (C=O) groups is 2. The first-order valence-electron chi connectivity index (χ1n) is 5.86. The van der Waals surface area contributed by atoms with Crippen LogP contribution in [-0.4, -0.2) is 29.7 Å². The lowest BCUT2D eigenvalue weighted by atomic mass is 10.2. The van der Waals surface area contributed by atoms with Crippen LogP contribution in [0, 0.1) is 0 Å². The van der Waals surface area contributed by atoms with E-state index in [2.05, 4.69) is 10.6 Å². The highest BCUT2D eigenvalue weighted by atomic mass is 16.4. The molecule has 1 heterocycles. The van der Waals surface area contributed by atoms with Gasteiger partial charge in [0.05, 0.1) is 6.26 Å². The van der Waals surface area contributed by atoms with Crippen molar-refractivity contribution >= 4 is 12.0 Å². The van der Waals surface area contributed by atoms with Crippen molar-refractivity contribution in [1.29, 1.82) is 0 Å². The van der Waals surface area contributed by atoms with Crippen LogP contribution in [0.15, 0.2) is 22.8 Å². The van der Waals surface area contributed by atoms with E-state index < -0.39 is 5.97 Å². The van der Waals surface area contributed by atoms with E-state index in [1.54, 1.807) is 12.3 Å². The maximum Gasteiger partial charge on any atom is 0.315 e. The van der Waals surface area contributed by atoms with Crippen molar-refractivity contribution in [2.24, 2.45) is 0 Å². The zero-order valence-electron chi connectivity index (χ0n) is 10.3. The Hall–Kier alpha value is -1.98. The Kier molecular flexibility index (Phi) is 5.76. The van der Waals surface area contributed by atoms with Crippen LogP contribution < -0.4 is 10.6 Å². The minimum atomic E-state index is -0.858. The summed E-state index contributed by atoms with van der Waals surface area (Å²) in [6, 6.07) is 3.31. The van der Waals surface area contributed by atoms with Crippen LogP contribution in [0.5, 0.6) is 0 Å². The molecule has 0 saturated heterocycles. The highest BCUT2D eigenvalue weighted by Crippen LogP contribution is 2.03. The number of aliphatic carboxylic acids is 1. The first-order valence-corrected chi connectivity index (χ1v) is 5.86. The molecule has 0 aliphatic carbocycles. The van der Waals surface area contributed by atoms with Crippen molar-refractivity contribution in [2.75, 3.05) is 6.54 Å². The first kappa shape index (κ1) is 14.1. The maximum absolute atomic E-state index is 11.4. The van der Waals surface area contributed by atoms with Crippen LogP contribution in [0.25, 0.3) is 0 Å². The minimum absolute atomic E-state index is 0.0457. The second-order valence-electron chi connectivity index (χ2n) is 4.08. The predicted octanol–water partition coefficient (Wildman–Crippen LogP) is 1.37. The topological polar surface area (TPSA) is 91.6 Å². The molecule has 6 heteroatoms. The summed E-state index contributed by atoms with van der Waals surface area (Å²) in [6.07, 6.45) is 2.70. The zero-order valence-corrected chi connectivity index (χ0v) is 10.3. The lowest BCUT2D eigenvalue weighted by Crippen LogP contribution is -2.42. The maximum atomic E-state index is 11.4. The number of carboxylic acid groups (broad SMARTS) is 1. The predicted molar refractivity (Wildman–Crippen MR) is 65.3 cm³/mol. The summed E-state index contributed by atoms with van der Waals surface area (Å²) < 4.78 is 5.17. The lowest BCUT2D eigenvalue weighted by molar-refractivity contribution is -0.137. The fraction of sp³-hybridized carbons (Fsp3) is 0.500. The summed E-state index contributed by atoms with van der Waals surface area (Å²) in [5.41, 5.74) is 0. The first-order chi connectivity index (χ1) is 8.58. The third kappa shape index (κ3) is 5.93. The van der Waals surface area contributed by atoms with E-state index in [1.165, 1.54) is 0 Å². The summed E-state index contributed by atoms with van der Waals surface area (Å²) in [7, 11) is 0. The van der Waals surface area contributed by atoms with Crippen molar-refractivity contribution in [1.82, 2.24) is 10.6 Å². The smallest absolute Gasteiger partial charge is 0.315 e. The highest BCUT2D eigenvalue weighted by molar-refractivity contribution is 5.74. The van der Waals surface area contributed by atoms with E-state index in [9.17, 15) is 9.59 Å². The van der Waals surface area contributed by atoms with Gasteiger partial charge in [0.2, 0.25) is 0 Å². The molecule has 1 aromatic heterocycles. The Morgan fingerprint density at radius 1 is 1.50 bits per heavy atom. The molecule has 0 aliphatic heterocycles. The van der Waals surface area contributed by atoms with Gasteiger partial charge in [0.15, 0.2) is 0 Å². The summed E-state index contributed by atoms with van der Waals surface area (Å²) >= 11 is 0. The van der Waals surface area contributed by atoms with E-state index in [0.29, 0.717) is 19.4 Å². The molecule has 1 atom stereocenters. The molecule has 0 spiro atoms. The Balaban J connectivity index is 2.13. The highest BCUT2D eigenvalue weighted by Gasteiger charge is 2.09. The van der Waals surface area contributed by atoms with Gasteiger partial charge in [-0.15, -0.1) is 0 Å². The molecule has 0 radical (unpaired) electrons. The Morgan fingerprint density at radius 2 is 2.28 bits per heavy atom. The van der Waals surface area contributed by atoms with Crippen LogP contribution >= 0.6 is 0 Å². The van der Waals surface area contributed by atoms with Gasteiger partial charge >= 0.3 is 12.0 Å². The van der Waals surface area contributed by atoms with Crippen molar-refractivity contribution in [3.05, 3.63) is 24.2 Å². The van der Waals surface area contributed by atoms with E-state index in [0.717, 1.165) is 5.76 Å². The molecule has 100 valence electrons. The average Bonchev–Trinajstić information content (AvgIpc) is 2.76. The molecule has 0 aromatic carbocycles. The van der Waals surface area contributed by atoms with Crippen molar-refractivity contribution in [2.45, 2.75) is 32.2 Å². The second-order valence-corrected chi connectivity index (χ2v) is 4.08. The quantitative estimate of drug-likeness (QED) is 0.641. The molecule has 6 nitrogen and oxygen atoms in total. The van der Waals surface area contributed by atoms with Crippen LogP contribution in [-0.2, 0) is 11.2 Å². The van der Waals surface area contributed by atoms with E-state index >= 15 is 0 Å². The fourth-order valence-electron chi connectivity index (χ4n) is 1.50. The van der Waals surface area contributed by atoms with Crippen molar-refractivity contribution in [3.63, 3.8) is 0 Å². The van der Waals surface area contributed by atoms with Gasteiger partial charge in [0, 0.05) is 25.4 Å². The number of carboxylic acids is 1. The van der Waals surface area contributed by atoms with E-state index in [4.69, 9.17) is 9.52 Å². The van der Waals surface area contributed by atoms with Gasteiger partial charge in [-0.25, -0.2) is 4.79 Å². The van der Waals surface area contributed by atoms with Crippen molar-refractivity contribution < 1.29 is 19.1 Å². The molecule has 3 N–H and O–H groups in total. The van der Waals surface area contributed by atoms with E-state index in [-0.39, 0.29) is 18.5 Å². The van der Waals surface area contributed by atoms with Crippen LogP contribution in [0.1, 0.15) is 25.5 Å². The molecular formula is C12H18N2O4.